The van der Waals surface area contributed by atoms with Crippen molar-refractivity contribution in [3.8, 4) is 5.69 Å². The number of halogens is 2. The number of aryl methyl sites for hydroxylation is 1. The third-order valence-electron chi connectivity index (χ3n) is 7.24. The zero-order valence-corrected chi connectivity index (χ0v) is 22.1. The van der Waals surface area contributed by atoms with Crippen LogP contribution < -0.4 is 11.1 Å². The molecule has 0 spiro atoms. The van der Waals surface area contributed by atoms with Gasteiger partial charge in [-0.3, -0.25) is 19.5 Å². The van der Waals surface area contributed by atoms with E-state index in [2.05, 4.69) is 29.4 Å². The molecule has 0 bridgehead atoms. The Labute approximate surface area is 224 Å². The largest absolute Gasteiger partial charge is 0.341 e. The van der Waals surface area contributed by atoms with Crippen LogP contribution in [0, 0.1) is 12.8 Å². The molecule has 1 saturated heterocycles. The van der Waals surface area contributed by atoms with E-state index in [1.54, 1.807) is 25.1 Å². The third kappa shape index (κ3) is 5.24. The molecule has 9 heteroatoms. The maximum absolute atomic E-state index is 13.3. The van der Waals surface area contributed by atoms with Crippen LogP contribution in [0.15, 0.2) is 64.2 Å². The molecular weight excluding hydrogens is 511 g/mol. The second-order valence-electron chi connectivity index (χ2n) is 9.66. The Morgan fingerprint density at radius 3 is 2.54 bits per heavy atom. The molecule has 192 valence electrons. The number of nitrogens with zero attached hydrogens (tertiary/aromatic N) is 3. The molecule has 0 saturated carbocycles. The summed E-state index contributed by atoms with van der Waals surface area (Å²) in [5, 5.41) is 4.03. The molecule has 1 aliphatic heterocycles. The van der Waals surface area contributed by atoms with Gasteiger partial charge in [0.15, 0.2) is 0 Å². The number of rotatable bonds is 5. The Morgan fingerprint density at radius 2 is 1.78 bits per heavy atom. The molecule has 2 aromatic carbocycles. The van der Waals surface area contributed by atoms with Gasteiger partial charge in [0, 0.05) is 24.8 Å². The minimum atomic E-state index is -0.335. The lowest BCUT2D eigenvalue weighted by Gasteiger charge is -2.22. The minimum absolute atomic E-state index is 0.0959. The summed E-state index contributed by atoms with van der Waals surface area (Å²) in [6, 6.07) is 16.7. The number of hydrogen-bond acceptors (Lipinski definition) is 3. The van der Waals surface area contributed by atoms with Crippen LogP contribution in [0.2, 0.25) is 10.0 Å². The number of carbonyl (C=O) groups excluding carboxylic acids is 1. The van der Waals surface area contributed by atoms with Gasteiger partial charge in [-0.15, -0.1) is 0 Å². The van der Waals surface area contributed by atoms with Gasteiger partial charge in [0.1, 0.15) is 6.54 Å². The molecule has 1 unspecified atom stereocenters. The number of pyridine rings is 1. The molecule has 37 heavy (non-hydrogen) atoms. The zero-order valence-electron chi connectivity index (χ0n) is 20.5. The van der Waals surface area contributed by atoms with Crippen LogP contribution in [-0.2, 0) is 17.8 Å². The van der Waals surface area contributed by atoms with Gasteiger partial charge in [0.05, 0.1) is 26.6 Å². The summed E-state index contributed by atoms with van der Waals surface area (Å²) >= 11 is 12.1. The van der Waals surface area contributed by atoms with Crippen molar-refractivity contribution < 1.29 is 4.79 Å². The van der Waals surface area contributed by atoms with E-state index in [0.29, 0.717) is 51.3 Å². The molecule has 0 radical (unpaired) electrons. The molecule has 4 aromatic rings. The lowest BCUT2D eigenvalue weighted by Crippen LogP contribution is -2.38. The molecule has 1 aliphatic rings. The first-order valence-electron chi connectivity index (χ1n) is 12.4. The van der Waals surface area contributed by atoms with Gasteiger partial charge in [0.2, 0.25) is 5.91 Å². The number of hydrogen-bond donors (Lipinski definition) is 1. The average Bonchev–Trinajstić information content (AvgIpc) is 3.04. The van der Waals surface area contributed by atoms with Crippen LogP contribution in [0.1, 0.15) is 30.5 Å². The summed E-state index contributed by atoms with van der Waals surface area (Å²) in [6.07, 6.45) is 3.94. The van der Waals surface area contributed by atoms with Gasteiger partial charge >= 0.3 is 0 Å². The van der Waals surface area contributed by atoms with Crippen molar-refractivity contribution in [1.29, 1.82) is 0 Å². The summed E-state index contributed by atoms with van der Waals surface area (Å²) in [4.78, 5) is 41.4. The van der Waals surface area contributed by atoms with Gasteiger partial charge in [-0.05, 0) is 62.3 Å². The number of H-pyrrole nitrogens is 1. The number of aromatic amines is 1. The van der Waals surface area contributed by atoms with Gasteiger partial charge in [-0.1, -0.05) is 53.5 Å². The second-order valence-corrected chi connectivity index (χ2v) is 10.5. The highest BCUT2D eigenvalue weighted by molar-refractivity contribution is 6.42. The van der Waals surface area contributed by atoms with Crippen molar-refractivity contribution in [2.75, 3.05) is 13.1 Å². The van der Waals surface area contributed by atoms with E-state index in [-0.39, 0.29) is 23.6 Å². The lowest BCUT2D eigenvalue weighted by molar-refractivity contribution is -0.131. The van der Waals surface area contributed by atoms with Crippen LogP contribution in [0.5, 0.6) is 0 Å². The summed E-state index contributed by atoms with van der Waals surface area (Å²) < 4.78 is 2.72. The first-order valence-corrected chi connectivity index (χ1v) is 13.2. The Balaban J connectivity index is 1.36. The van der Waals surface area contributed by atoms with Gasteiger partial charge < -0.3 is 9.47 Å². The van der Waals surface area contributed by atoms with Crippen molar-refractivity contribution in [3.05, 3.63) is 96.6 Å². The quantitative estimate of drug-likeness (QED) is 0.389. The molecule has 1 fully saturated rings. The summed E-state index contributed by atoms with van der Waals surface area (Å²) in [5.74, 6) is 0.422. The topological polar surface area (TPSA) is 80.1 Å². The fourth-order valence-electron chi connectivity index (χ4n) is 5.21. The number of nitrogens with one attached hydrogen (secondary N) is 1. The molecule has 3 heterocycles. The van der Waals surface area contributed by atoms with E-state index in [4.69, 9.17) is 23.2 Å². The van der Waals surface area contributed by atoms with Gasteiger partial charge in [-0.2, -0.15) is 0 Å². The highest BCUT2D eigenvalue weighted by Gasteiger charge is 2.23. The predicted octanol–water partition coefficient (Wildman–Crippen LogP) is 4.97. The Morgan fingerprint density at radius 1 is 1.00 bits per heavy atom. The summed E-state index contributed by atoms with van der Waals surface area (Å²) in [6.45, 7) is 2.94. The monoisotopic (exact) mass is 538 g/mol. The fraction of sp³-hybridized carbons (Fsp3) is 0.321. The molecule has 0 aliphatic carbocycles. The summed E-state index contributed by atoms with van der Waals surface area (Å²) in [5.41, 5.74) is 2.01. The standard InChI is InChI=1S/C28H28Cl2N4O3/c1-18-27-24(31-34(28(27)37)21-9-10-22(29)23(30)15-21)16-25(35)33(18)17-26(36)32-12-5-8-20(11-13-32)14-19-6-3-2-4-7-19/h2-4,6-7,9-10,15-16,20,31H,5,8,11-14,17H2,1H3. The first kappa shape index (κ1) is 25.4. The van der Waals surface area contributed by atoms with E-state index in [1.165, 1.54) is 20.9 Å². The molecular formula is C28H28Cl2N4O3. The molecule has 7 nitrogen and oxygen atoms in total. The maximum Gasteiger partial charge on any atom is 0.280 e. The zero-order chi connectivity index (χ0) is 26.1. The molecule has 5 rings (SSSR count). The number of benzene rings is 2. The maximum atomic E-state index is 13.3. The fourth-order valence-corrected chi connectivity index (χ4v) is 5.51. The normalized spacial score (nSPS) is 16.2. The van der Waals surface area contributed by atoms with Crippen molar-refractivity contribution >= 4 is 40.0 Å². The van der Waals surface area contributed by atoms with Crippen molar-refractivity contribution in [3.63, 3.8) is 0 Å². The smallest absolute Gasteiger partial charge is 0.280 e. The SMILES string of the molecule is Cc1c2c(=O)n(-c3ccc(Cl)c(Cl)c3)[nH]c2cc(=O)n1CC(=O)N1CCCC(Cc2ccccc2)CC1. The Kier molecular flexibility index (Phi) is 7.26. The van der Waals surface area contributed by atoms with E-state index in [0.717, 1.165) is 25.7 Å². The molecule has 1 N–H and O–H groups in total. The van der Waals surface area contributed by atoms with Crippen LogP contribution in [0.3, 0.4) is 0 Å². The van der Waals surface area contributed by atoms with Crippen LogP contribution in [0.25, 0.3) is 16.6 Å². The predicted molar refractivity (Wildman–Crippen MR) is 147 cm³/mol. The first-order chi connectivity index (χ1) is 17.8. The number of amides is 1. The summed E-state index contributed by atoms with van der Waals surface area (Å²) in [7, 11) is 0. The molecule has 1 amide bonds. The van der Waals surface area contributed by atoms with E-state index < -0.39 is 0 Å². The Bertz CT molecular complexity index is 1570. The van der Waals surface area contributed by atoms with E-state index in [9.17, 15) is 14.4 Å². The van der Waals surface area contributed by atoms with E-state index >= 15 is 0 Å². The highest BCUT2D eigenvalue weighted by Crippen LogP contribution is 2.25. The number of fused-ring (bicyclic) bond motifs is 1. The van der Waals surface area contributed by atoms with Gasteiger partial charge in [0.25, 0.3) is 11.1 Å². The van der Waals surface area contributed by atoms with Crippen molar-refractivity contribution in [1.82, 2.24) is 19.2 Å². The highest BCUT2D eigenvalue weighted by atomic mass is 35.5. The lowest BCUT2D eigenvalue weighted by atomic mass is 9.93. The number of likely N-dealkylation sites (tertiary alicyclic amines) is 1. The molecule has 1 atom stereocenters. The number of carbonyl (C=O) groups is 1. The van der Waals surface area contributed by atoms with Gasteiger partial charge in [-0.25, -0.2) is 4.68 Å². The van der Waals surface area contributed by atoms with Crippen molar-refractivity contribution in [2.45, 2.75) is 39.2 Å². The van der Waals surface area contributed by atoms with Crippen LogP contribution in [-0.4, -0.2) is 38.2 Å². The Hall–Kier alpha value is -3.29. The van der Waals surface area contributed by atoms with E-state index in [1.807, 2.05) is 11.0 Å². The van der Waals surface area contributed by atoms with Crippen LogP contribution in [0.4, 0.5) is 0 Å². The minimum Gasteiger partial charge on any atom is -0.341 e. The molecule has 2 aromatic heterocycles. The van der Waals surface area contributed by atoms with Crippen LogP contribution >= 0.6 is 23.2 Å². The second kappa shape index (κ2) is 10.6. The third-order valence-corrected chi connectivity index (χ3v) is 7.98. The average molecular weight is 539 g/mol. The number of aromatic nitrogens is 3. The van der Waals surface area contributed by atoms with Crippen molar-refractivity contribution in [2.24, 2.45) is 5.92 Å².